The molecule has 0 heterocycles. The van der Waals surface area contributed by atoms with Gasteiger partial charge in [0.1, 0.15) is 12.6 Å². The highest BCUT2D eigenvalue weighted by atomic mass is 31.2. The molecule has 2 unspecified atom stereocenters. The van der Waals surface area contributed by atoms with Gasteiger partial charge in [-0.05, 0) is 44.9 Å². The van der Waals surface area contributed by atoms with Gasteiger partial charge in [0.15, 0.2) is 6.10 Å². The quantitative estimate of drug-likeness (QED) is 0.0149. The van der Waals surface area contributed by atoms with Gasteiger partial charge in [-0.2, -0.15) is 0 Å². The first kappa shape index (κ1) is 61.9. The molecule has 12 nitrogen and oxygen atoms in total. The fraction of sp³-hybridized carbons (Fsp3) is 0.712. The molecule has 13 heteroatoms. The van der Waals surface area contributed by atoms with Gasteiger partial charge in [0.25, 0.3) is 0 Å². The third kappa shape index (κ3) is 45.8. The molecule has 0 aromatic carbocycles. The van der Waals surface area contributed by atoms with Crippen molar-refractivity contribution in [2.45, 2.75) is 218 Å². The zero-order valence-electron chi connectivity index (χ0n) is 40.4. The molecule has 0 rings (SSSR count). The second-order valence-electron chi connectivity index (χ2n) is 16.8. The average Bonchev–Trinajstić information content (AvgIpc) is 3.28. The second-order valence-corrected chi connectivity index (χ2v) is 18.2. The van der Waals surface area contributed by atoms with Crippen LogP contribution in [0, 0.1) is 0 Å². The van der Waals surface area contributed by atoms with Gasteiger partial charge in [0, 0.05) is 12.8 Å². The van der Waals surface area contributed by atoms with Crippen molar-refractivity contribution in [1.82, 2.24) is 0 Å². The summed E-state index contributed by atoms with van der Waals surface area (Å²) in [7, 11) is -4.76. The molecule has 0 aliphatic heterocycles. The van der Waals surface area contributed by atoms with Crippen LogP contribution >= 0.6 is 7.82 Å². The summed E-state index contributed by atoms with van der Waals surface area (Å²) in [4.78, 5) is 46.1. The lowest BCUT2D eigenvalue weighted by Gasteiger charge is -2.20. The van der Waals surface area contributed by atoms with Gasteiger partial charge in [-0.1, -0.05) is 215 Å². The Labute approximate surface area is 393 Å². The van der Waals surface area contributed by atoms with Crippen molar-refractivity contribution >= 4 is 25.7 Å². The number of phosphoric ester groups is 1. The van der Waals surface area contributed by atoms with Crippen molar-refractivity contribution in [3.05, 3.63) is 72.9 Å². The standard InChI is InChI=1S/C52H90NO11P/c1-3-5-7-9-11-13-15-17-18-19-20-21-22-23-24-26-28-30-32-34-38-43-51(56)64-48(45-62-65(59,60)63-46-49(53)52(57)58)44-61-50(55)42-39-35-37-41-47(54)40-36-33-31-29-27-25-16-14-12-10-8-6-4-2/h6,8,12,14,25,27,31,33,35-37,40,47-49,54H,3-5,7,9-11,13,15-24,26,28-30,32,34,38-39,41-46,53H2,1-2H3,(H,57,58)(H,59,60)/b8-6-,14-12-,27-25-,33-31-,37-35-,40-36-/t47?,48-,49+/m1/s1. The number of carbonyl (C=O) groups excluding carboxylic acids is 2. The zero-order valence-corrected chi connectivity index (χ0v) is 41.3. The number of carboxylic acids is 1. The summed E-state index contributed by atoms with van der Waals surface area (Å²) in [6.07, 6.45) is 52.9. The number of phosphoric acid groups is 1. The number of nitrogens with two attached hydrogens (primary N) is 1. The van der Waals surface area contributed by atoms with E-state index in [0.717, 1.165) is 44.9 Å². The zero-order chi connectivity index (χ0) is 47.9. The second kappa shape index (κ2) is 46.0. The number of esters is 2. The molecule has 4 atom stereocenters. The molecular weight excluding hydrogens is 846 g/mol. The molecule has 0 bridgehead atoms. The van der Waals surface area contributed by atoms with E-state index >= 15 is 0 Å². The Bertz CT molecular complexity index is 1390. The maximum absolute atomic E-state index is 12.7. The average molecular weight is 936 g/mol. The molecule has 5 N–H and O–H groups in total. The van der Waals surface area contributed by atoms with Gasteiger partial charge < -0.3 is 30.3 Å². The molecule has 0 amide bonds. The van der Waals surface area contributed by atoms with E-state index < -0.39 is 63.8 Å². The Hall–Kier alpha value is -3.12. The van der Waals surface area contributed by atoms with Gasteiger partial charge in [-0.25, -0.2) is 4.57 Å². The number of allylic oxidation sites excluding steroid dienone is 10. The van der Waals surface area contributed by atoms with Crippen LogP contribution < -0.4 is 5.73 Å². The highest BCUT2D eigenvalue weighted by Crippen LogP contribution is 2.43. The van der Waals surface area contributed by atoms with E-state index in [1.807, 2.05) is 12.2 Å². The van der Waals surface area contributed by atoms with Gasteiger partial charge in [-0.3, -0.25) is 23.4 Å². The number of unbranched alkanes of at least 4 members (excludes halogenated alkanes) is 20. The molecule has 65 heavy (non-hydrogen) atoms. The molecule has 0 aliphatic carbocycles. The third-order valence-corrected chi connectivity index (χ3v) is 11.5. The minimum Gasteiger partial charge on any atom is -0.480 e. The largest absolute Gasteiger partial charge is 0.480 e. The smallest absolute Gasteiger partial charge is 0.472 e. The number of hydrogen-bond acceptors (Lipinski definition) is 10. The van der Waals surface area contributed by atoms with Gasteiger partial charge in [-0.15, -0.1) is 0 Å². The molecule has 0 saturated heterocycles. The van der Waals surface area contributed by atoms with Crippen LogP contribution in [0.2, 0.25) is 0 Å². The molecule has 0 spiro atoms. The van der Waals surface area contributed by atoms with Crippen LogP contribution in [0.3, 0.4) is 0 Å². The third-order valence-electron chi connectivity index (χ3n) is 10.6. The maximum Gasteiger partial charge on any atom is 0.472 e. The van der Waals surface area contributed by atoms with Crippen LogP contribution in [-0.4, -0.2) is 71.1 Å². The molecule has 0 aliphatic rings. The van der Waals surface area contributed by atoms with Crippen molar-refractivity contribution in [3.63, 3.8) is 0 Å². The Morgan fingerprint density at radius 1 is 0.569 bits per heavy atom. The fourth-order valence-electron chi connectivity index (χ4n) is 6.65. The summed E-state index contributed by atoms with van der Waals surface area (Å²) in [5, 5.41) is 19.1. The molecule has 0 aromatic heterocycles. The summed E-state index contributed by atoms with van der Waals surface area (Å²) in [5.74, 6) is -2.58. The maximum atomic E-state index is 12.7. The van der Waals surface area contributed by atoms with Gasteiger partial charge in [0.05, 0.1) is 19.3 Å². The van der Waals surface area contributed by atoms with Crippen molar-refractivity contribution in [3.8, 4) is 0 Å². The number of aliphatic carboxylic acids is 1. The summed E-state index contributed by atoms with van der Waals surface area (Å²) in [6.45, 7) is 2.54. The van der Waals surface area contributed by atoms with Crippen LogP contribution in [0.5, 0.6) is 0 Å². The lowest BCUT2D eigenvalue weighted by molar-refractivity contribution is -0.161. The van der Waals surface area contributed by atoms with Crippen molar-refractivity contribution in [1.29, 1.82) is 0 Å². The molecule has 0 fully saturated rings. The molecule has 0 saturated carbocycles. The minimum atomic E-state index is -4.76. The Balaban J connectivity index is 4.43. The van der Waals surface area contributed by atoms with E-state index in [4.69, 9.17) is 24.8 Å². The number of ether oxygens (including phenoxy) is 2. The summed E-state index contributed by atoms with van der Waals surface area (Å²) < 4.78 is 32.7. The number of carbonyl (C=O) groups is 3. The summed E-state index contributed by atoms with van der Waals surface area (Å²) >= 11 is 0. The van der Waals surface area contributed by atoms with Crippen LogP contribution in [0.1, 0.15) is 200 Å². The van der Waals surface area contributed by atoms with E-state index in [-0.39, 0.29) is 12.8 Å². The predicted octanol–water partition coefficient (Wildman–Crippen LogP) is 13.0. The Morgan fingerprint density at radius 2 is 1.05 bits per heavy atom. The predicted molar refractivity (Wildman–Crippen MR) is 264 cm³/mol. The van der Waals surface area contributed by atoms with E-state index in [1.165, 1.54) is 109 Å². The van der Waals surface area contributed by atoms with Gasteiger partial charge in [0.2, 0.25) is 0 Å². The minimum absolute atomic E-state index is 0.0139. The summed E-state index contributed by atoms with van der Waals surface area (Å²) in [6, 6.07) is -1.55. The Morgan fingerprint density at radius 3 is 1.55 bits per heavy atom. The summed E-state index contributed by atoms with van der Waals surface area (Å²) in [5.41, 5.74) is 5.34. The van der Waals surface area contributed by atoms with E-state index in [0.29, 0.717) is 19.3 Å². The number of carboxylic acid groups (broad SMARTS) is 1. The van der Waals surface area contributed by atoms with Crippen LogP contribution in [0.15, 0.2) is 72.9 Å². The lowest BCUT2D eigenvalue weighted by atomic mass is 10.0. The monoisotopic (exact) mass is 936 g/mol. The first-order valence-electron chi connectivity index (χ1n) is 25.1. The number of hydrogen-bond donors (Lipinski definition) is 4. The highest BCUT2D eigenvalue weighted by Gasteiger charge is 2.28. The van der Waals surface area contributed by atoms with Crippen LogP contribution in [0.4, 0.5) is 0 Å². The molecule has 0 aromatic rings. The number of rotatable bonds is 46. The topological polar surface area (TPSA) is 192 Å². The van der Waals surface area contributed by atoms with Crippen molar-refractivity contribution < 1.29 is 52.6 Å². The normalized spacial score (nSPS) is 14.7. The van der Waals surface area contributed by atoms with E-state index in [9.17, 15) is 28.9 Å². The lowest BCUT2D eigenvalue weighted by Crippen LogP contribution is -2.34. The molecule has 0 radical (unpaired) electrons. The molecular formula is C52H90NO11P. The molecule has 374 valence electrons. The van der Waals surface area contributed by atoms with Crippen LogP contribution in [0.25, 0.3) is 0 Å². The van der Waals surface area contributed by atoms with Crippen molar-refractivity contribution in [2.24, 2.45) is 5.73 Å². The SMILES string of the molecule is CC/C=C\C/C=C\C/C=C\C/C=C\C=C/C(O)C/C=C\CCC(=O)OC[C@H](COP(=O)(O)OC[C@H](N)C(=O)O)OC(=O)CCCCCCCCCCCCCCCCCCCCCCC. The van der Waals surface area contributed by atoms with E-state index in [1.54, 1.807) is 24.3 Å². The van der Waals surface area contributed by atoms with Crippen LogP contribution in [-0.2, 0) is 37.5 Å². The first-order valence-corrected chi connectivity index (χ1v) is 26.6. The number of aliphatic hydroxyl groups is 1. The Kier molecular flexibility index (Phi) is 43.8. The van der Waals surface area contributed by atoms with Crippen molar-refractivity contribution in [2.75, 3.05) is 19.8 Å². The van der Waals surface area contributed by atoms with Gasteiger partial charge >= 0.3 is 25.7 Å². The fourth-order valence-corrected chi connectivity index (χ4v) is 7.43. The van der Waals surface area contributed by atoms with E-state index in [2.05, 4.69) is 54.8 Å². The number of aliphatic hydroxyl groups excluding tert-OH is 1. The highest BCUT2D eigenvalue weighted by molar-refractivity contribution is 7.47. The first-order chi connectivity index (χ1) is 31.5.